The number of amides is 1. The maximum Gasteiger partial charge on any atom is 0.248 e. The van der Waals surface area contributed by atoms with E-state index >= 15 is 0 Å². The predicted molar refractivity (Wildman–Crippen MR) is 126 cm³/mol. The minimum Gasteiger partial charge on any atom is -0.495 e. The SMILES string of the molecule is COc1ccc(NC(=O)/C=C/c2cn(Cc3ccccc3)nn2)cc1S(=O)(=O)N1CCOCC1. The number of carbonyl (C=O) groups is 1. The van der Waals surface area contributed by atoms with E-state index in [1.807, 2.05) is 30.3 Å². The van der Waals surface area contributed by atoms with Crippen LogP contribution in [0.4, 0.5) is 5.69 Å². The number of rotatable bonds is 8. The molecule has 1 aliphatic rings. The molecule has 10 nitrogen and oxygen atoms in total. The molecule has 1 aromatic heterocycles. The van der Waals surface area contributed by atoms with Crippen molar-refractivity contribution in [1.82, 2.24) is 19.3 Å². The van der Waals surface area contributed by atoms with Crippen LogP contribution in [0.25, 0.3) is 6.08 Å². The van der Waals surface area contributed by atoms with Crippen LogP contribution in [0.3, 0.4) is 0 Å². The van der Waals surface area contributed by atoms with Crippen molar-refractivity contribution in [2.75, 3.05) is 38.7 Å². The third kappa shape index (κ3) is 5.68. The lowest BCUT2D eigenvalue weighted by atomic mass is 10.2. The molecule has 3 aromatic rings. The van der Waals surface area contributed by atoms with Crippen LogP contribution in [0.15, 0.2) is 65.7 Å². The normalized spacial score (nSPS) is 14.9. The highest BCUT2D eigenvalue weighted by molar-refractivity contribution is 7.89. The highest BCUT2D eigenvalue weighted by atomic mass is 32.2. The van der Waals surface area contributed by atoms with E-state index in [0.717, 1.165) is 5.56 Å². The van der Waals surface area contributed by atoms with Crippen LogP contribution in [0.5, 0.6) is 5.75 Å². The van der Waals surface area contributed by atoms with Gasteiger partial charge in [0.05, 0.1) is 33.1 Å². The molecule has 1 fully saturated rings. The van der Waals surface area contributed by atoms with E-state index in [1.165, 1.54) is 29.6 Å². The first kappa shape index (κ1) is 23.6. The molecule has 1 saturated heterocycles. The molecule has 0 unspecified atom stereocenters. The number of ether oxygens (including phenoxy) is 2. The van der Waals surface area contributed by atoms with Gasteiger partial charge >= 0.3 is 0 Å². The molecule has 0 radical (unpaired) electrons. The first-order valence-electron chi connectivity index (χ1n) is 10.6. The Morgan fingerprint density at radius 2 is 1.94 bits per heavy atom. The van der Waals surface area contributed by atoms with Crippen molar-refractivity contribution in [2.24, 2.45) is 0 Å². The van der Waals surface area contributed by atoms with Crippen LogP contribution in [0.1, 0.15) is 11.3 Å². The van der Waals surface area contributed by atoms with Crippen molar-refractivity contribution in [3.05, 3.63) is 72.1 Å². The Hall–Kier alpha value is -3.54. The second kappa shape index (κ2) is 10.6. The van der Waals surface area contributed by atoms with Crippen LogP contribution in [0, 0.1) is 0 Å². The Kier molecular flexibility index (Phi) is 7.36. The summed E-state index contributed by atoms with van der Waals surface area (Å²) < 4.78 is 39.7. The lowest BCUT2D eigenvalue weighted by molar-refractivity contribution is -0.111. The number of hydrogen-bond acceptors (Lipinski definition) is 7. The van der Waals surface area contributed by atoms with Gasteiger partial charge in [0.2, 0.25) is 15.9 Å². The quantitative estimate of drug-likeness (QED) is 0.487. The van der Waals surface area contributed by atoms with E-state index in [2.05, 4.69) is 15.6 Å². The van der Waals surface area contributed by atoms with Crippen molar-refractivity contribution in [3.63, 3.8) is 0 Å². The number of morpholine rings is 1. The Morgan fingerprint density at radius 1 is 1.18 bits per heavy atom. The van der Waals surface area contributed by atoms with Gasteiger partial charge in [-0.2, -0.15) is 4.31 Å². The molecule has 34 heavy (non-hydrogen) atoms. The number of nitrogens with zero attached hydrogens (tertiary/aromatic N) is 4. The van der Waals surface area contributed by atoms with Crippen LogP contribution in [-0.2, 0) is 26.1 Å². The molecule has 4 rings (SSSR count). The van der Waals surface area contributed by atoms with E-state index < -0.39 is 15.9 Å². The summed E-state index contributed by atoms with van der Waals surface area (Å²) in [4.78, 5) is 12.4. The largest absolute Gasteiger partial charge is 0.495 e. The first-order valence-corrected chi connectivity index (χ1v) is 12.1. The summed E-state index contributed by atoms with van der Waals surface area (Å²) in [5.41, 5.74) is 1.94. The molecule has 0 saturated carbocycles. The van der Waals surface area contributed by atoms with Crippen molar-refractivity contribution in [3.8, 4) is 5.75 Å². The molecule has 1 aliphatic heterocycles. The van der Waals surface area contributed by atoms with Crippen LogP contribution < -0.4 is 10.1 Å². The van der Waals surface area contributed by atoms with E-state index in [1.54, 1.807) is 23.0 Å². The number of methoxy groups -OCH3 is 1. The average molecular weight is 484 g/mol. The molecule has 0 aliphatic carbocycles. The third-order valence-corrected chi connectivity index (χ3v) is 7.09. The van der Waals surface area contributed by atoms with E-state index in [9.17, 15) is 13.2 Å². The third-order valence-electron chi connectivity index (χ3n) is 5.17. The van der Waals surface area contributed by atoms with Gasteiger partial charge in [-0.05, 0) is 29.8 Å². The number of hydrogen-bond donors (Lipinski definition) is 1. The topological polar surface area (TPSA) is 116 Å². The molecular formula is C23H25N5O5S. The van der Waals surface area contributed by atoms with E-state index in [4.69, 9.17) is 9.47 Å². The predicted octanol–water partition coefficient (Wildman–Crippen LogP) is 2.01. The van der Waals surface area contributed by atoms with Gasteiger partial charge < -0.3 is 14.8 Å². The zero-order valence-corrected chi connectivity index (χ0v) is 19.4. The Balaban J connectivity index is 1.44. The van der Waals surface area contributed by atoms with Gasteiger partial charge in [-0.15, -0.1) is 5.10 Å². The van der Waals surface area contributed by atoms with Gasteiger partial charge in [0.25, 0.3) is 0 Å². The fraction of sp³-hybridized carbons (Fsp3) is 0.261. The molecule has 0 atom stereocenters. The van der Waals surface area contributed by atoms with Crippen molar-refractivity contribution >= 4 is 27.7 Å². The Morgan fingerprint density at radius 3 is 2.68 bits per heavy atom. The van der Waals surface area contributed by atoms with Gasteiger partial charge in [-0.3, -0.25) is 4.79 Å². The molecule has 2 aromatic carbocycles. The molecule has 0 bridgehead atoms. The summed E-state index contributed by atoms with van der Waals surface area (Å²) >= 11 is 0. The standard InChI is InChI=1S/C23H25N5O5S/c1-32-21-9-7-19(15-22(21)34(30,31)28-11-13-33-14-12-28)24-23(29)10-8-20-17-27(26-25-20)16-18-5-3-2-4-6-18/h2-10,15,17H,11-14,16H2,1H3,(H,24,29)/b10-8+. The zero-order chi connectivity index (χ0) is 24.0. The second-order valence-electron chi connectivity index (χ2n) is 7.53. The maximum atomic E-state index is 13.1. The number of sulfonamides is 1. The molecule has 2 heterocycles. The lowest BCUT2D eigenvalue weighted by Gasteiger charge is -2.26. The number of anilines is 1. The summed E-state index contributed by atoms with van der Waals surface area (Å²) in [6.45, 7) is 1.75. The Labute approximate surface area is 197 Å². The number of aromatic nitrogens is 3. The smallest absolute Gasteiger partial charge is 0.248 e. The van der Waals surface area contributed by atoms with Gasteiger partial charge in [0.1, 0.15) is 16.3 Å². The molecule has 1 N–H and O–H groups in total. The fourth-order valence-corrected chi connectivity index (χ4v) is 5.05. The molecule has 178 valence electrons. The number of nitrogens with one attached hydrogen (secondary N) is 1. The number of carbonyl (C=O) groups excluding carboxylic acids is 1. The van der Waals surface area contributed by atoms with Gasteiger partial charge in [0, 0.05) is 24.9 Å². The monoisotopic (exact) mass is 483 g/mol. The summed E-state index contributed by atoms with van der Waals surface area (Å²) in [6, 6.07) is 14.3. The molecule has 11 heteroatoms. The summed E-state index contributed by atoms with van der Waals surface area (Å²) in [5, 5.41) is 10.8. The molecule has 0 spiro atoms. The van der Waals surface area contributed by atoms with Gasteiger partial charge in [-0.1, -0.05) is 35.5 Å². The number of benzene rings is 2. The van der Waals surface area contributed by atoms with E-state index in [0.29, 0.717) is 31.1 Å². The van der Waals surface area contributed by atoms with Crippen molar-refractivity contribution < 1.29 is 22.7 Å². The summed E-state index contributed by atoms with van der Waals surface area (Å²) in [6.07, 6.45) is 4.59. The highest BCUT2D eigenvalue weighted by Crippen LogP contribution is 2.30. The van der Waals surface area contributed by atoms with Crippen LogP contribution in [-0.4, -0.2) is 67.0 Å². The van der Waals surface area contributed by atoms with Gasteiger partial charge in [0.15, 0.2) is 0 Å². The average Bonchev–Trinajstić information content (AvgIpc) is 3.31. The molecule has 1 amide bonds. The first-order chi connectivity index (χ1) is 16.5. The van der Waals surface area contributed by atoms with Gasteiger partial charge in [-0.25, -0.2) is 13.1 Å². The summed E-state index contributed by atoms with van der Waals surface area (Å²) in [5.74, 6) is -0.229. The van der Waals surface area contributed by atoms with E-state index in [-0.39, 0.29) is 23.7 Å². The molecular weight excluding hydrogens is 458 g/mol. The van der Waals surface area contributed by atoms with Crippen LogP contribution in [0.2, 0.25) is 0 Å². The summed E-state index contributed by atoms with van der Waals surface area (Å²) in [7, 11) is -2.40. The minimum atomic E-state index is -3.80. The zero-order valence-electron chi connectivity index (χ0n) is 18.6. The van der Waals surface area contributed by atoms with Crippen molar-refractivity contribution in [1.29, 1.82) is 0 Å². The van der Waals surface area contributed by atoms with Crippen LogP contribution >= 0.6 is 0 Å². The lowest BCUT2D eigenvalue weighted by Crippen LogP contribution is -2.40. The van der Waals surface area contributed by atoms with Crippen molar-refractivity contribution in [2.45, 2.75) is 11.4 Å². The second-order valence-corrected chi connectivity index (χ2v) is 9.44. The maximum absolute atomic E-state index is 13.1. The minimum absolute atomic E-state index is 0.0115. The highest BCUT2D eigenvalue weighted by Gasteiger charge is 2.29. The fourth-order valence-electron chi connectivity index (χ4n) is 3.46. The Bertz CT molecular complexity index is 1270.